The zero-order valence-corrected chi connectivity index (χ0v) is 10.1. The minimum atomic E-state index is 0.924. The molecule has 1 aliphatic rings. The van der Waals surface area contributed by atoms with Gasteiger partial charge < -0.3 is 5.32 Å². The Labute approximate surface area is 95.6 Å². The molecule has 1 aliphatic heterocycles. The first-order valence-corrected chi connectivity index (χ1v) is 6.26. The van der Waals surface area contributed by atoms with Crippen molar-refractivity contribution in [3.63, 3.8) is 0 Å². The van der Waals surface area contributed by atoms with E-state index in [1.165, 1.54) is 24.1 Å². The molecule has 3 heteroatoms. The van der Waals surface area contributed by atoms with E-state index in [0.717, 1.165) is 19.6 Å². The topological polar surface area (TPSA) is 15.3 Å². The Bertz CT molecular complexity index is 343. The third-order valence-electron chi connectivity index (χ3n) is 2.76. The second-order valence-electron chi connectivity index (χ2n) is 4.11. The average Bonchev–Trinajstić information content (AvgIpc) is 2.65. The largest absolute Gasteiger partial charge is 0.316 e. The molecule has 15 heavy (non-hydrogen) atoms. The third kappa shape index (κ3) is 2.68. The minimum Gasteiger partial charge on any atom is -0.316 e. The molecule has 0 unspecified atom stereocenters. The molecule has 1 N–H and O–H groups in total. The molecule has 1 aromatic rings. The van der Waals surface area contributed by atoms with E-state index in [2.05, 4.69) is 28.2 Å². The van der Waals surface area contributed by atoms with E-state index in [9.17, 15) is 0 Å². The number of hydrogen-bond donors (Lipinski definition) is 1. The summed E-state index contributed by atoms with van der Waals surface area (Å²) in [6, 6.07) is 2.26. The van der Waals surface area contributed by atoms with Crippen molar-refractivity contribution in [3.05, 3.63) is 34.0 Å². The van der Waals surface area contributed by atoms with Crippen LogP contribution in [-0.4, -0.2) is 31.6 Å². The van der Waals surface area contributed by atoms with Gasteiger partial charge >= 0.3 is 0 Å². The SMILES string of the molecule is C=C(CNC)CN1CCc2sccc2C1. The van der Waals surface area contributed by atoms with Crippen molar-refractivity contribution >= 4 is 11.3 Å². The van der Waals surface area contributed by atoms with Crippen molar-refractivity contribution in [2.45, 2.75) is 13.0 Å². The molecule has 0 aromatic carbocycles. The molecule has 2 rings (SSSR count). The molecule has 0 atom stereocenters. The molecule has 0 amide bonds. The minimum absolute atomic E-state index is 0.924. The number of hydrogen-bond acceptors (Lipinski definition) is 3. The van der Waals surface area contributed by atoms with E-state index >= 15 is 0 Å². The predicted molar refractivity (Wildman–Crippen MR) is 66.4 cm³/mol. The smallest absolute Gasteiger partial charge is 0.0248 e. The van der Waals surface area contributed by atoms with Gasteiger partial charge in [-0.15, -0.1) is 11.3 Å². The maximum Gasteiger partial charge on any atom is 0.0248 e. The molecule has 2 heterocycles. The van der Waals surface area contributed by atoms with Gasteiger partial charge in [0, 0.05) is 31.1 Å². The lowest BCUT2D eigenvalue weighted by molar-refractivity contribution is 0.276. The van der Waals surface area contributed by atoms with Crippen LogP contribution in [0.1, 0.15) is 10.4 Å². The van der Waals surface area contributed by atoms with Gasteiger partial charge in [-0.05, 0) is 36.1 Å². The standard InChI is InChI=1S/C12H18N2S/c1-10(7-13-2)8-14-5-3-12-11(9-14)4-6-15-12/h4,6,13H,1,3,5,7-9H2,2H3. The van der Waals surface area contributed by atoms with Crippen molar-refractivity contribution in [1.82, 2.24) is 10.2 Å². The average molecular weight is 222 g/mol. The number of nitrogens with zero attached hydrogens (tertiary/aromatic N) is 1. The van der Waals surface area contributed by atoms with Crippen LogP contribution in [0.5, 0.6) is 0 Å². The molecule has 0 spiro atoms. The Morgan fingerprint density at radius 2 is 2.53 bits per heavy atom. The van der Waals surface area contributed by atoms with Crippen LogP contribution in [0, 0.1) is 0 Å². The molecular weight excluding hydrogens is 204 g/mol. The van der Waals surface area contributed by atoms with E-state index in [1.54, 1.807) is 4.88 Å². The Morgan fingerprint density at radius 1 is 1.67 bits per heavy atom. The fraction of sp³-hybridized carbons (Fsp3) is 0.500. The normalized spacial score (nSPS) is 16.3. The van der Waals surface area contributed by atoms with E-state index in [4.69, 9.17) is 0 Å². The molecule has 0 radical (unpaired) electrons. The Hall–Kier alpha value is -0.640. The highest BCUT2D eigenvalue weighted by Gasteiger charge is 2.16. The van der Waals surface area contributed by atoms with Gasteiger partial charge in [-0.2, -0.15) is 0 Å². The van der Waals surface area contributed by atoms with Gasteiger partial charge in [-0.3, -0.25) is 4.90 Å². The van der Waals surface area contributed by atoms with Gasteiger partial charge in [0.25, 0.3) is 0 Å². The molecule has 0 saturated heterocycles. The Morgan fingerprint density at radius 3 is 3.33 bits per heavy atom. The van der Waals surface area contributed by atoms with Crippen LogP contribution >= 0.6 is 11.3 Å². The summed E-state index contributed by atoms with van der Waals surface area (Å²) < 4.78 is 0. The third-order valence-corrected chi connectivity index (χ3v) is 3.78. The van der Waals surface area contributed by atoms with Crippen LogP contribution in [0.2, 0.25) is 0 Å². The second kappa shape index (κ2) is 4.92. The molecule has 1 aromatic heterocycles. The van der Waals surface area contributed by atoms with Crippen LogP contribution in [0.25, 0.3) is 0 Å². The van der Waals surface area contributed by atoms with Gasteiger partial charge in [0.1, 0.15) is 0 Å². The lowest BCUT2D eigenvalue weighted by atomic mass is 10.1. The van der Waals surface area contributed by atoms with E-state index in [1.807, 2.05) is 18.4 Å². The number of rotatable bonds is 4. The molecule has 2 nitrogen and oxygen atoms in total. The zero-order valence-electron chi connectivity index (χ0n) is 9.25. The fourth-order valence-electron chi connectivity index (χ4n) is 2.06. The van der Waals surface area contributed by atoms with E-state index in [0.29, 0.717) is 0 Å². The first-order chi connectivity index (χ1) is 7.29. The first-order valence-electron chi connectivity index (χ1n) is 5.38. The quantitative estimate of drug-likeness (QED) is 0.783. The van der Waals surface area contributed by atoms with Crippen molar-refractivity contribution in [2.24, 2.45) is 0 Å². The summed E-state index contributed by atoms with van der Waals surface area (Å²) in [6.45, 7) is 8.30. The lowest BCUT2D eigenvalue weighted by Crippen LogP contribution is -2.32. The van der Waals surface area contributed by atoms with Crippen LogP contribution in [0.4, 0.5) is 0 Å². The zero-order chi connectivity index (χ0) is 10.7. The van der Waals surface area contributed by atoms with E-state index in [-0.39, 0.29) is 0 Å². The number of nitrogens with one attached hydrogen (secondary N) is 1. The summed E-state index contributed by atoms with van der Waals surface area (Å²) in [5, 5.41) is 5.35. The first kappa shape index (κ1) is 10.9. The second-order valence-corrected chi connectivity index (χ2v) is 5.11. The van der Waals surface area contributed by atoms with Gasteiger partial charge in [0.15, 0.2) is 0 Å². The van der Waals surface area contributed by atoms with Gasteiger partial charge in [-0.1, -0.05) is 6.58 Å². The van der Waals surface area contributed by atoms with E-state index < -0.39 is 0 Å². The maximum absolute atomic E-state index is 4.08. The maximum atomic E-state index is 4.08. The van der Waals surface area contributed by atoms with Crippen molar-refractivity contribution in [3.8, 4) is 0 Å². The molecule has 82 valence electrons. The lowest BCUT2D eigenvalue weighted by Gasteiger charge is -2.27. The summed E-state index contributed by atoms with van der Waals surface area (Å²) in [5.41, 5.74) is 2.79. The Balaban J connectivity index is 1.90. The number of fused-ring (bicyclic) bond motifs is 1. The predicted octanol–water partition coefficient (Wildman–Crippen LogP) is 1.88. The Kier molecular flexibility index (Phi) is 3.57. The summed E-state index contributed by atoms with van der Waals surface area (Å²) >= 11 is 1.90. The molecule has 0 aliphatic carbocycles. The summed E-state index contributed by atoms with van der Waals surface area (Å²) in [5.74, 6) is 0. The molecular formula is C12H18N2S. The highest BCUT2D eigenvalue weighted by atomic mass is 32.1. The van der Waals surface area contributed by atoms with Crippen molar-refractivity contribution in [1.29, 1.82) is 0 Å². The monoisotopic (exact) mass is 222 g/mol. The van der Waals surface area contributed by atoms with Gasteiger partial charge in [-0.25, -0.2) is 0 Å². The highest BCUT2D eigenvalue weighted by molar-refractivity contribution is 7.10. The van der Waals surface area contributed by atoms with Crippen molar-refractivity contribution < 1.29 is 0 Å². The van der Waals surface area contributed by atoms with Crippen LogP contribution in [0.15, 0.2) is 23.6 Å². The van der Waals surface area contributed by atoms with Crippen LogP contribution < -0.4 is 5.32 Å². The summed E-state index contributed by atoms with van der Waals surface area (Å²) in [6.07, 6.45) is 1.21. The fourth-order valence-corrected chi connectivity index (χ4v) is 2.95. The van der Waals surface area contributed by atoms with Gasteiger partial charge in [0.2, 0.25) is 0 Å². The molecule has 0 bridgehead atoms. The number of likely N-dealkylation sites (N-methyl/N-ethyl adjacent to an activating group) is 1. The molecule has 0 saturated carbocycles. The summed E-state index contributed by atoms with van der Waals surface area (Å²) in [7, 11) is 1.97. The van der Waals surface area contributed by atoms with Crippen molar-refractivity contribution in [2.75, 3.05) is 26.7 Å². The van der Waals surface area contributed by atoms with Crippen LogP contribution in [-0.2, 0) is 13.0 Å². The molecule has 0 fully saturated rings. The van der Waals surface area contributed by atoms with Gasteiger partial charge in [0.05, 0.1) is 0 Å². The highest BCUT2D eigenvalue weighted by Crippen LogP contribution is 2.24. The number of thiophene rings is 1. The van der Waals surface area contributed by atoms with Crippen LogP contribution in [0.3, 0.4) is 0 Å². The summed E-state index contributed by atoms with van der Waals surface area (Å²) in [4.78, 5) is 4.06.